The third-order valence-electron chi connectivity index (χ3n) is 2.83. The normalized spacial score (nSPS) is 11.9. The predicted octanol–water partition coefficient (Wildman–Crippen LogP) is 3.23. The van der Waals surface area contributed by atoms with Crippen molar-refractivity contribution in [3.05, 3.63) is 60.2 Å². The number of hydrogen-bond donors (Lipinski definition) is 0. The van der Waals surface area contributed by atoms with Crippen LogP contribution in [0.4, 0.5) is 0 Å². The average Bonchev–Trinajstić information content (AvgIpc) is 2.88. The van der Waals surface area contributed by atoms with Gasteiger partial charge >= 0.3 is 0 Å². The highest BCUT2D eigenvalue weighted by atomic mass is 16.3. The molecule has 0 aliphatic heterocycles. The monoisotopic (exact) mass is 251 g/mol. The molecule has 3 rings (SSSR count). The standard InChI is InChI=1S/C15H13N3O/c1-11(12-6-4-5-9-16-12)17-10-15-18-13-7-2-3-8-14(13)19-15/h2-9H,10H2,1H3. The first kappa shape index (κ1) is 11.6. The van der Waals surface area contributed by atoms with Gasteiger partial charge in [0.05, 0.1) is 11.4 Å². The maximum Gasteiger partial charge on any atom is 0.217 e. The van der Waals surface area contributed by atoms with Gasteiger partial charge < -0.3 is 4.42 Å². The van der Waals surface area contributed by atoms with Gasteiger partial charge in [-0.3, -0.25) is 9.98 Å². The molecule has 0 aliphatic carbocycles. The smallest absolute Gasteiger partial charge is 0.217 e. The third-order valence-corrected chi connectivity index (χ3v) is 2.83. The molecular weight excluding hydrogens is 238 g/mol. The van der Waals surface area contributed by atoms with Crippen molar-refractivity contribution < 1.29 is 4.42 Å². The van der Waals surface area contributed by atoms with Gasteiger partial charge in [-0.25, -0.2) is 4.98 Å². The number of aliphatic imine (C=N–C) groups is 1. The first-order chi connectivity index (χ1) is 9.33. The largest absolute Gasteiger partial charge is 0.439 e. The molecule has 1 aromatic carbocycles. The summed E-state index contributed by atoms with van der Waals surface area (Å²) in [6.45, 7) is 2.36. The van der Waals surface area contributed by atoms with E-state index in [-0.39, 0.29) is 0 Å². The Bertz CT molecular complexity index is 683. The fraction of sp³-hybridized carbons (Fsp3) is 0.133. The van der Waals surface area contributed by atoms with Crippen LogP contribution in [0.3, 0.4) is 0 Å². The second-order valence-electron chi connectivity index (χ2n) is 4.19. The number of aromatic nitrogens is 2. The van der Waals surface area contributed by atoms with Crippen molar-refractivity contribution >= 4 is 16.8 Å². The zero-order valence-electron chi connectivity index (χ0n) is 10.6. The van der Waals surface area contributed by atoms with E-state index in [1.165, 1.54) is 0 Å². The maximum atomic E-state index is 5.62. The minimum Gasteiger partial charge on any atom is -0.439 e. The lowest BCUT2D eigenvalue weighted by molar-refractivity contribution is 0.534. The van der Waals surface area contributed by atoms with Crippen LogP contribution in [0.2, 0.25) is 0 Å². The summed E-state index contributed by atoms with van der Waals surface area (Å²) in [5.74, 6) is 0.622. The highest BCUT2D eigenvalue weighted by Crippen LogP contribution is 2.15. The summed E-state index contributed by atoms with van der Waals surface area (Å²) < 4.78 is 5.62. The van der Waals surface area contributed by atoms with Gasteiger partial charge in [-0.15, -0.1) is 0 Å². The van der Waals surface area contributed by atoms with Gasteiger partial charge in [0.15, 0.2) is 5.58 Å². The van der Waals surface area contributed by atoms with E-state index < -0.39 is 0 Å². The molecule has 2 aromatic heterocycles. The fourth-order valence-corrected chi connectivity index (χ4v) is 1.83. The second-order valence-corrected chi connectivity index (χ2v) is 4.19. The quantitative estimate of drug-likeness (QED) is 0.671. The minimum atomic E-state index is 0.428. The van der Waals surface area contributed by atoms with Crippen LogP contribution in [0.5, 0.6) is 0 Å². The van der Waals surface area contributed by atoms with Gasteiger partial charge in [0, 0.05) is 6.20 Å². The Morgan fingerprint density at radius 3 is 2.79 bits per heavy atom. The summed E-state index contributed by atoms with van der Waals surface area (Å²) in [7, 11) is 0. The maximum absolute atomic E-state index is 5.62. The number of rotatable bonds is 3. The number of benzene rings is 1. The van der Waals surface area contributed by atoms with Gasteiger partial charge in [-0.2, -0.15) is 0 Å². The van der Waals surface area contributed by atoms with E-state index in [0.29, 0.717) is 12.4 Å². The lowest BCUT2D eigenvalue weighted by atomic mass is 10.2. The molecule has 0 atom stereocenters. The fourth-order valence-electron chi connectivity index (χ4n) is 1.83. The van der Waals surface area contributed by atoms with Crippen LogP contribution >= 0.6 is 0 Å². The number of oxazole rings is 1. The van der Waals surface area contributed by atoms with E-state index in [0.717, 1.165) is 22.5 Å². The van der Waals surface area contributed by atoms with E-state index in [4.69, 9.17) is 4.42 Å². The Labute approximate surface area is 110 Å². The lowest BCUT2D eigenvalue weighted by Crippen LogP contribution is -1.98. The minimum absolute atomic E-state index is 0.428. The topological polar surface area (TPSA) is 51.3 Å². The number of fused-ring (bicyclic) bond motifs is 1. The summed E-state index contributed by atoms with van der Waals surface area (Å²) in [6.07, 6.45) is 1.76. The molecule has 0 aliphatic rings. The van der Waals surface area contributed by atoms with Crippen molar-refractivity contribution in [3.63, 3.8) is 0 Å². The molecule has 4 heteroatoms. The second kappa shape index (κ2) is 5.02. The van der Waals surface area contributed by atoms with Crippen molar-refractivity contribution in [3.8, 4) is 0 Å². The molecule has 0 unspecified atom stereocenters. The molecule has 0 amide bonds. The number of para-hydroxylation sites is 2. The predicted molar refractivity (Wildman–Crippen MR) is 74.2 cm³/mol. The van der Waals surface area contributed by atoms with Gasteiger partial charge in [0.2, 0.25) is 5.89 Å². The molecule has 0 fully saturated rings. The van der Waals surface area contributed by atoms with Crippen LogP contribution in [0.25, 0.3) is 11.1 Å². The Balaban J connectivity index is 1.82. The van der Waals surface area contributed by atoms with Crippen molar-refractivity contribution in [2.24, 2.45) is 4.99 Å². The van der Waals surface area contributed by atoms with Crippen molar-refractivity contribution in [2.75, 3.05) is 0 Å². The van der Waals surface area contributed by atoms with Crippen LogP contribution in [-0.4, -0.2) is 15.7 Å². The highest BCUT2D eigenvalue weighted by molar-refractivity contribution is 5.96. The molecule has 0 N–H and O–H groups in total. The van der Waals surface area contributed by atoms with Crippen molar-refractivity contribution in [1.82, 2.24) is 9.97 Å². The molecule has 0 saturated carbocycles. The molecular formula is C15H13N3O. The van der Waals surface area contributed by atoms with E-state index in [1.807, 2.05) is 49.4 Å². The SMILES string of the molecule is CC(=NCc1nc2ccccc2o1)c1ccccn1. The first-order valence-electron chi connectivity index (χ1n) is 6.10. The lowest BCUT2D eigenvalue weighted by Gasteiger charge is -1.97. The Hall–Kier alpha value is -2.49. The average molecular weight is 251 g/mol. The van der Waals surface area contributed by atoms with E-state index in [9.17, 15) is 0 Å². The molecule has 94 valence electrons. The summed E-state index contributed by atoms with van der Waals surface area (Å²) >= 11 is 0. The van der Waals surface area contributed by atoms with Crippen LogP contribution in [-0.2, 0) is 6.54 Å². The van der Waals surface area contributed by atoms with Crippen molar-refractivity contribution in [2.45, 2.75) is 13.5 Å². The van der Waals surface area contributed by atoms with Crippen molar-refractivity contribution in [1.29, 1.82) is 0 Å². The number of pyridine rings is 1. The zero-order valence-corrected chi connectivity index (χ0v) is 10.6. The molecule has 4 nitrogen and oxygen atoms in total. The molecule has 0 radical (unpaired) electrons. The van der Waals surface area contributed by atoms with Gasteiger partial charge in [-0.1, -0.05) is 18.2 Å². The molecule has 3 aromatic rings. The van der Waals surface area contributed by atoms with Gasteiger partial charge in [0.1, 0.15) is 12.1 Å². The van der Waals surface area contributed by atoms with Gasteiger partial charge in [0.25, 0.3) is 0 Å². The Morgan fingerprint density at radius 2 is 2.00 bits per heavy atom. The van der Waals surface area contributed by atoms with Crippen LogP contribution < -0.4 is 0 Å². The van der Waals surface area contributed by atoms with Crippen LogP contribution in [0, 0.1) is 0 Å². The Morgan fingerprint density at radius 1 is 1.16 bits per heavy atom. The molecule has 0 saturated heterocycles. The van der Waals surface area contributed by atoms with Gasteiger partial charge in [-0.05, 0) is 31.2 Å². The zero-order chi connectivity index (χ0) is 13.1. The van der Waals surface area contributed by atoms with E-state index in [1.54, 1.807) is 6.20 Å². The Kier molecular flexibility index (Phi) is 3.06. The number of nitrogens with zero attached hydrogens (tertiary/aromatic N) is 3. The molecule has 2 heterocycles. The number of hydrogen-bond acceptors (Lipinski definition) is 4. The summed E-state index contributed by atoms with van der Waals surface area (Å²) in [5.41, 5.74) is 3.41. The summed E-state index contributed by atoms with van der Waals surface area (Å²) in [4.78, 5) is 13.1. The third kappa shape index (κ3) is 2.52. The molecule has 19 heavy (non-hydrogen) atoms. The molecule has 0 bridgehead atoms. The summed E-state index contributed by atoms with van der Waals surface area (Å²) in [6, 6.07) is 13.5. The van der Waals surface area contributed by atoms with Crippen LogP contribution in [0.15, 0.2) is 58.1 Å². The van der Waals surface area contributed by atoms with E-state index >= 15 is 0 Å². The van der Waals surface area contributed by atoms with Crippen LogP contribution in [0.1, 0.15) is 18.5 Å². The molecule has 0 spiro atoms. The summed E-state index contributed by atoms with van der Waals surface area (Å²) in [5, 5.41) is 0. The highest BCUT2D eigenvalue weighted by Gasteiger charge is 2.04. The van der Waals surface area contributed by atoms with E-state index in [2.05, 4.69) is 15.0 Å². The first-order valence-corrected chi connectivity index (χ1v) is 6.10.